The lowest BCUT2D eigenvalue weighted by Gasteiger charge is -2.17. The maximum Gasteiger partial charge on any atom is 0.108 e. The average Bonchev–Trinajstić information content (AvgIpc) is 3.02. The fourth-order valence-electron chi connectivity index (χ4n) is 2.59. The molecule has 0 aliphatic carbocycles. The van der Waals surface area contributed by atoms with Gasteiger partial charge >= 0.3 is 0 Å². The van der Waals surface area contributed by atoms with E-state index in [1.807, 2.05) is 0 Å². The maximum atomic E-state index is 9.38. The first-order valence-electron chi connectivity index (χ1n) is 6.82. The van der Waals surface area contributed by atoms with Gasteiger partial charge in [-0.1, -0.05) is 13.8 Å². The van der Waals surface area contributed by atoms with E-state index in [4.69, 9.17) is 0 Å². The third-order valence-corrected chi connectivity index (χ3v) is 5.24. The molecule has 0 spiro atoms. The van der Waals surface area contributed by atoms with Crippen LogP contribution in [0.4, 0.5) is 0 Å². The van der Waals surface area contributed by atoms with Crippen LogP contribution in [0.5, 0.6) is 0 Å². The summed E-state index contributed by atoms with van der Waals surface area (Å²) in [5.41, 5.74) is 1.07. The minimum atomic E-state index is -0.215. The van der Waals surface area contributed by atoms with E-state index in [9.17, 15) is 5.26 Å². The lowest BCUT2D eigenvalue weighted by atomic mass is 9.99. The van der Waals surface area contributed by atoms with Crippen LogP contribution in [-0.4, -0.2) is 20.3 Å². The van der Waals surface area contributed by atoms with Gasteiger partial charge in [0, 0.05) is 12.6 Å². The van der Waals surface area contributed by atoms with Crippen LogP contribution < -0.4 is 0 Å². The molecular weight excluding hydrogens is 242 g/mol. The van der Waals surface area contributed by atoms with E-state index in [-0.39, 0.29) is 4.75 Å². The molecule has 1 saturated heterocycles. The quantitative estimate of drug-likeness (QED) is 0.815. The molecule has 0 radical (unpaired) electrons. The molecule has 1 aromatic rings. The fraction of sp³-hybridized carbons (Fsp3) is 0.714. The second kappa shape index (κ2) is 5.79. The molecule has 3 nitrogen and oxygen atoms in total. The van der Waals surface area contributed by atoms with Crippen LogP contribution in [-0.2, 0) is 6.42 Å². The van der Waals surface area contributed by atoms with Gasteiger partial charge < -0.3 is 0 Å². The second-order valence-corrected chi connectivity index (χ2v) is 6.47. The monoisotopic (exact) mass is 263 g/mol. The van der Waals surface area contributed by atoms with Crippen LogP contribution in [0.1, 0.15) is 51.3 Å². The Morgan fingerprint density at radius 2 is 2.33 bits per heavy atom. The lowest BCUT2D eigenvalue weighted by molar-refractivity contribution is 0.424. The molecule has 0 N–H and O–H groups in total. The topological polar surface area (TPSA) is 41.6 Å². The van der Waals surface area contributed by atoms with Crippen molar-refractivity contribution in [1.82, 2.24) is 9.78 Å². The van der Waals surface area contributed by atoms with Crippen molar-refractivity contribution in [2.24, 2.45) is 0 Å². The highest BCUT2D eigenvalue weighted by Gasteiger charge is 2.35. The van der Waals surface area contributed by atoms with E-state index in [2.05, 4.69) is 42.0 Å². The Kier molecular flexibility index (Phi) is 4.34. The van der Waals surface area contributed by atoms with Gasteiger partial charge in [-0.15, -0.1) is 11.8 Å². The van der Waals surface area contributed by atoms with Gasteiger partial charge in [0.05, 0.1) is 17.8 Å². The molecule has 0 amide bonds. The molecule has 0 saturated carbocycles. The van der Waals surface area contributed by atoms with Crippen molar-refractivity contribution in [3.63, 3.8) is 0 Å². The average molecular weight is 263 g/mol. The van der Waals surface area contributed by atoms with E-state index in [0.29, 0.717) is 6.04 Å². The van der Waals surface area contributed by atoms with Crippen molar-refractivity contribution in [3.05, 3.63) is 18.0 Å². The Labute approximate surface area is 114 Å². The van der Waals surface area contributed by atoms with Crippen molar-refractivity contribution in [2.45, 2.75) is 56.7 Å². The molecule has 1 aliphatic heterocycles. The first-order valence-corrected chi connectivity index (χ1v) is 7.81. The van der Waals surface area contributed by atoms with Crippen LogP contribution in [0.25, 0.3) is 0 Å². The number of hydrogen-bond donors (Lipinski definition) is 0. The molecule has 1 aliphatic rings. The predicted molar refractivity (Wildman–Crippen MR) is 75.6 cm³/mol. The molecule has 1 fully saturated rings. The number of thioether (sulfide) groups is 1. The van der Waals surface area contributed by atoms with E-state index in [0.717, 1.165) is 43.6 Å². The van der Waals surface area contributed by atoms with Crippen LogP contribution in [0.2, 0.25) is 0 Å². The summed E-state index contributed by atoms with van der Waals surface area (Å²) in [6, 6.07) is 5.08. The smallest absolute Gasteiger partial charge is 0.108 e. The lowest BCUT2D eigenvalue weighted by Crippen LogP contribution is -2.22. The minimum absolute atomic E-state index is 0.215. The van der Waals surface area contributed by atoms with Crippen molar-refractivity contribution in [1.29, 1.82) is 5.26 Å². The maximum absolute atomic E-state index is 9.38. The van der Waals surface area contributed by atoms with E-state index >= 15 is 0 Å². The highest BCUT2D eigenvalue weighted by atomic mass is 32.2. The molecule has 0 aromatic carbocycles. The summed E-state index contributed by atoms with van der Waals surface area (Å²) in [4.78, 5) is 0. The van der Waals surface area contributed by atoms with E-state index in [1.165, 1.54) is 0 Å². The molecule has 1 unspecified atom stereocenters. The Morgan fingerprint density at radius 1 is 1.56 bits per heavy atom. The van der Waals surface area contributed by atoms with Crippen LogP contribution in [0.3, 0.4) is 0 Å². The van der Waals surface area contributed by atoms with Gasteiger partial charge in [-0.25, -0.2) is 0 Å². The summed E-state index contributed by atoms with van der Waals surface area (Å²) in [5, 5.41) is 14.0. The van der Waals surface area contributed by atoms with Crippen molar-refractivity contribution in [3.8, 4) is 6.07 Å². The van der Waals surface area contributed by atoms with Gasteiger partial charge in [0.25, 0.3) is 0 Å². The molecule has 0 bridgehead atoms. The zero-order valence-electron chi connectivity index (χ0n) is 11.2. The van der Waals surface area contributed by atoms with Crippen LogP contribution in [0.15, 0.2) is 12.3 Å². The first kappa shape index (κ1) is 13.5. The normalized spacial score (nSPS) is 23.4. The second-order valence-electron chi connectivity index (χ2n) is 4.99. The molecule has 1 aromatic heterocycles. The summed E-state index contributed by atoms with van der Waals surface area (Å²) in [7, 11) is 0. The summed E-state index contributed by atoms with van der Waals surface area (Å²) >= 11 is 1.80. The number of hydrogen-bond acceptors (Lipinski definition) is 3. The van der Waals surface area contributed by atoms with Crippen molar-refractivity contribution in [2.75, 3.05) is 5.75 Å². The molecular formula is C14H21N3S. The molecule has 2 heterocycles. The van der Waals surface area contributed by atoms with Crippen LogP contribution >= 0.6 is 11.8 Å². The SMILES string of the molecule is CCC(CC)n1ccc(CC2(C#N)CCCS2)n1. The first-order chi connectivity index (χ1) is 8.73. The number of aromatic nitrogens is 2. The summed E-state index contributed by atoms with van der Waals surface area (Å²) < 4.78 is 1.85. The Hall–Kier alpha value is -0.950. The molecule has 2 rings (SSSR count). The third-order valence-electron chi connectivity index (χ3n) is 3.75. The van der Waals surface area contributed by atoms with E-state index < -0.39 is 0 Å². The molecule has 18 heavy (non-hydrogen) atoms. The van der Waals surface area contributed by atoms with Gasteiger partial charge in [0.2, 0.25) is 0 Å². The Bertz CT molecular complexity index is 422. The summed E-state index contributed by atoms with van der Waals surface area (Å²) in [6.45, 7) is 4.39. The molecule has 98 valence electrons. The minimum Gasteiger partial charge on any atom is -0.269 e. The summed E-state index contributed by atoms with van der Waals surface area (Å²) in [6.07, 6.45) is 7.24. The van der Waals surface area contributed by atoms with Gasteiger partial charge in [-0.2, -0.15) is 10.4 Å². The van der Waals surface area contributed by atoms with Gasteiger partial charge in [0.15, 0.2) is 0 Å². The van der Waals surface area contributed by atoms with Crippen molar-refractivity contribution >= 4 is 11.8 Å². The largest absolute Gasteiger partial charge is 0.269 e. The third kappa shape index (κ3) is 2.72. The molecule has 1 atom stereocenters. The summed E-state index contributed by atoms with van der Waals surface area (Å²) in [5.74, 6) is 1.11. The zero-order chi connectivity index (χ0) is 13.0. The van der Waals surface area contributed by atoms with Gasteiger partial charge in [-0.3, -0.25) is 4.68 Å². The Morgan fingerprint density at radius 3 is 2.89 bits per heavy atom. The zero-order valence-corrected chi connectivity index (χ0v) is 12.0. The molecule has 4 heteroatoms. The number of rotatable bonds is 5. The van der Waals surface area contributed by atoms with Crippen LogP contribution in [0, 0.1) is 11.3 Å². The fourth-order valence-corrected chi connectivity index (χ4v) is 3.88. The highest BCUT2D eigenvalue weighted by molar-refractivity contribution is 8.01. The standard InChI is InChI=1S/C14H21N3S/c1-3-13(4-2)17-8-6-12(16-17)10-14(11-15)7-5-9-18-14/h6,8,13H,3-5,7,9-10H2,1-2H3. The van der Waals surface area contributed by atoms with Gasteiger partial charge in [-0.05, 0) is 37.5 Å². The van der Waals surface area contributed by atoms with Gasteiger partial charge in [0.1, 0.15) is 4.75 Å². The number of nitrogens with zero attached hydrogens (tertiary/aromatic N) is 3. The number of nitriles is 1. The Balaban J connectivity index is 2.09. The predicted octanol–water partition coefficient (Wildman–Crippen LogP) is 3.58. The van der Waals surface area contributed by atoms with Crippen molar-refractivity contribution < 1.29 is 0 Å². The van der Waals surface area contributed by atoms with E-state index in [1.54, 1.807) is 11.8 Å². The highest BCUT2D eigenvalue weighted by Crippen LogP contribution is 2.40.